The summed E-state index contributed by atoms with van der Waals surface area (Å²) in [6.45, 7) is 0.825. The van der Waals surface area contributed by atoms with Gasteiger partial charge < -0.3 is 9.73 Å². The number of nitrogens with zero attached hydrogens (tertiary/aromatic N) is 2. The Labute approximate surface area is 152 Å². The minimum absolute atomic E-state index is 0.269. The SMILES string of the molecule is O=C(NCC1CCC(c2nnc(-c3ccsc3)o2)CC1)C1CCCC1. The first kappa shape index (κ1) is 16.8. The highest BCUT2D eigenvalue weighted by Gasteiger charge is 2.28. The molecule has 25 heavy (non-hydrogen) atoms. The lowest BCUT2D eigenvalue weighted by Gasteiger charge is -2.27. The van der Waals surface area contributed by atoms with E-state index in [9.17, 15) is 4.79 Å². The molecule has 4 rings (SSSR count). The van der Waals surface area contributed by atoms with Crippen LogP contribution in [0.1, 0.15) is 63.2 Å². The van der Waals surface area contributed by atoms with Crippen molar-refractivity contribution in [3.63, 3.8) is 0 Å². The first-order valence-electron chi connectivity index (χ1n) is 9.43. The lowest BCUT2D eigenvalue weighted by Crippen LogP contribution is -2.34. The number of aromatic nitrogens is 2. The van der Waals surface area contributed by atoms with Gasteiger partial charge in [-0.2, -0.15) is 11.3 Å². The summed E-state index contributed by atoms with van der Waals surface area (Å²) in [6.07, 6.45) is 8.92. The number of carbonyl (C=O) groups is 1. The topological polar surface area (TPSA) is 68.0 Å². The molecule has 2 aromatic rings. The van der Waals surface area contributed by atoms with Gasteiger partial charge in [-0.1, -0.05) is 12.8 Å². The van der Waals surface area contributed by atoms with Crippen LogP contribution >= 0.6 is 11.3 Å². The molecular weight excluding hydrogens is 334 g/mol. The zero-order valence-corrected chi connectivity index (χ0v) is 15.3. The molecule has 0 atom stereocenters. The molecule has 2 heterocycles. The second-order valence-corrected chi connectivity index (χ2v) is 8.18. The van der Waals surface area contributed by atoms with E-state index in [-0.39, 0.29) is 11.8 Å². The van der Waals surface area contributed by atoms with Crippen molar-refractivity contribution < 1.29 is 9.21 Å². The zero-order valence-electron chi connectivity index (χ0n) is 14.4. The van der Waals surface area contributed by atoms with E-state index in [1.54, 1.807) is 11.3 Å². The van der Waals surface area contributed by atoms with Gasteiger partial charge in [0.15, 0.2) is 0 Å². The first-order valence-corrected chi connectivity index (χ1v) is 10.4. The lowest BCUT2D eigenvalue weighted by molar-refractivity contribution is -0.125. The molecule has 2 saturated carbocycles. The molecule has 2 aromatic heterocycles. The van der Waals surface area contributed by atoms with Crippen LogP contribution in [0, 0.1) is 11.8 Å². The fourth-order valence-electron chi connectivity index (χ4n) is 4.09. The molecule has 0 saturated heterocycles. The zero-order chi connectivity index (χ0) is 17.1. The fraction of sp³-hybridized carbons (Fsp3) is 0.632. The van der Waals surface area contributed by atoms with Crippen molar-refractivity contribution >= 4 is 17.2 Å². The number of nitrogens with one attached hydrogen (secondary N) is 1. The molecule has 134 valence electrons. The van der Waals surface area contributed by atoms with Crippen LogP contribution in [0.3, 0.4) is 0 Å². The molecule has 2 aliphatic carbocycles. The standard InChI is InChI=1S/C19H25N3O2S/c23-17(14-3-1-2-4-14)20-11-13-5-7-15(8-6-13)18-21-22-19(24-18)16-9-10-25-12-16/h9-10,12-15H,1-8,11H2,(H,20,23). The largest absolute Gasteiger partial charge is 0.420 e. The Morgan fingerprint density at radius 2 is 1.96 bits per heavy atom. The minimum atomic E-state index is 0.269. The summed E-state index contributed by atoms with van der Waals surface area (Å²) in [7, 11) is 0. The van der Waals surface area contributed by atoms with Crippen molar-refractivity contribution in [2.45, 2.75) is 57.3 Å². The van der Waals surface area contributed by atoms with E-state index < -0.39 is 0 Å². The van der Waals surface area contributed by atoms with Crippen LogP contribution in [0.2, 0.25) is 0 Å². The van der Waals surface area contributed by atoms with Gasteiger partial charge in [0.1, 0.15) is 0 Å². The van der Waals surface area contributed by atoms with E-state index in [1.807, 2.05) is 16.8 Å². The lowest BCUT2D eigenvalue weighted by atomic mass is 9.82. The molecule has 0 aromatic carbocycles. The van der Waals surface area contributed by atoms with Gasteiger partial charge in [0, 0.05) is 29.3 Å². The van der Waals surface area contributed by atoms with Crippen molar-refractivity contribution in [1.82, 2.24) is 15.5 Å². The Bertz CT molecular complexity index is 683. The number of hydrogen-bond donors (Lipinski definition) is 1. The molecule has 0 aliphatic heterocycles. The molecule has 1 amide bonds. The maximum absolute atomic E-state index is 12.1. The van der Waals surface area contributed by atoms with Crippen molar-refractivity contribution in [3.8, 4) is 11.5 Å². The summed E-state index contributed by atoms with van der Waals surface area (Å²) in [5, 5.41) is 15.7. The van der Waals surface area contributed by atoms with Crippen molar-refractivity contribution in [2.75, 3.05) is 6.54 Å². The maximum atomic E-state index is 12.1. The van der Waals surface area contributed by atoms with E-state index in [1.165, 1.54) is 12.8 Å². The van der Waals surface area contributed by atoms with Gasteiger partial charge in [0.05, 0.1) is 0 Å². The highest BCUT2D eigenvalue weighted by Crippen LogP contribution is 2.36. The average molecular weight is 359 g/mol. The average Bonchev–Trinajstić information content (AvgIpc) is 3.42. The second kappa shape index (κ2) is 7.68. The van der Waals surface area contributed by atoms with Crippen molar-refractivity contribution in [2.24, 2.45) is 11.8 Å². The molecule has 6 heteroatoms. The van der Waals surface area contributed by atoms with Crippen LogP contribution in [-0.4, -0.2) is 22.6 Å². The molecule has 2 fully saturated rings. The van der Waals surface area contributed by atoms with E-state index in [0.717, 1.165) is 56.5 Å². The monoisotopic (exact) mass is 359 g/mol. The van der Waals surface area contributed by atoms with Crippen LogP contribution in [0.15, 0.2) is 21.2 Å². The number of hydrogen-bond acceptors (Lipinski definition) is 5. The second-order valence-electron chi connectivity index (χ2n) is 7.40. The predicted octanol–water partition coefficient (Wildman–Crippen LogP) is 4.38. The van der Waals surface area contributed by atoms with Crippen molar-refractivity contribution in [3.05, 3.63) is 22.7 Å². The van der Waals surface area contributed by atoms with Gasteiger partial charge in [-0.3, -0.25) is 4.79 Å². The van der Waals surface area contributed by atoms with E-state index in [4.69, 9.17) is 4.42 Å². The maximum Gasteiger partial charge on any atom is 0.248 e. The van der Waals surface area contributed by atoms with Gasteiger partial charge in [-0.15, -0.1) is 10.2 Å². The summed E-state index contributed by atoms with van der Waals surface area (Å²) in [5.41, 5.74) is 1.01. The third kappa shape index (κ3) is 3.94. The van der Waals surface area contributed by atoms with Crippen LogP contribution in [0.5, 0.6) is 0 Å². The third-order valence-electron chi connectivity index (χ3n) is 5.70. The summed E-state index contributed by atoms with van der Waals surface area (Å²) in [4.78, 5) is 12.1. The highest BCUT2D eigenvalue weighted by molar-refractivity contribution is 7.08. The number of rotatable bonds is 5. The van der Waals surface area contributed by atoms with E-state index in [2.05, 4.69) is 15.5 Å². The summed E-state index contributed by atoms with van der Waals surface area (Å²) in [5.74, 6) is 2.89. The van der Waals surface area contributed by atoms with Crippen molar-refractivity contribution in [1.29, 1.82) is 0 Å². The van der Waals surface area contributed by atoms with Gasteiger partial charge in [0.25, 0.3) is 0 Å². The quantitative estimate of drug-likeness (QED) is 0.860. The van der Waals surface area contributed by atoms with Gasteiger partial charge in [-0.05, 0) is 55.9 Å². The molecule has 1 N–H and O–H groups in total. The van der Waals surface area contributed by atoms with E-state index >= 15 is 0 Å². The Balaban J connectivity index is 1.25. The Morgan fingerprint density at radius 3 is 2.68 bits per heavy atom. The van der Waals surface area contributed by atoms with Crippen LogP contribution in [-0.2, 0) is 4.79 Å². The first-order chi connectivity index (χ1) is 12.3. The van der Waals surface area contributed by atoms with Gasteiger partial charge >= 0.3 is 0 Å². The number of thiophene rings is 1. The number of carbonyl (C=O) groups excluding carboxylic acids is 1. The fourth-order valence-corrected chi connectivity index (χ4v) is 4.72. The summed E-state index contributed by atoms with van der Waals surface area (Å²) < 4.78 is 5.88. The molecule has 0 unspecified atom stereocenters. The molecule has 0 bridgehead atoms. The Kier molecular flexibility index (Phi) is 5.15. The Hall–Kier alpha value is -1.69. The van der Waals surface area contributed by atoms with Crippen LogP contribution in [0.4, 0.5) is 0 Å². The predicted molar refractivity (Wildman–Crippen MR) is 97.3 cm³/mol. The molecule has 5 nitrogen and oxygen atoms in total. The summed E-state index contributed by atoms with van der Waals surface area (Å²) >= 11 is 1.63. The smallest absolute Gasteiger partial charge is 0.248 e. The van der Waals surface area contributed by atoms with Crippen LogP contribution < -0.4 is 5.32 Å². The van der Waals surface area contributed by atoms with Crippen LogP contribution in [0.25, 0.3) is 11.5 Å². The number of amides is 1. The molecule has 2 aliphatic rings. The Morgan fingerprint density at radius 1 is 1.16 bits per heavy atom. The molecule has 0 spiro atoms. The minimum Gasteiger partial charge on any atom is -0.420 e. The highest BCUT2D eigenvalue weighted by atomic mass is 32.1. The molecule has 0 radical (unpaired) electrons. The van der Waals surface area contributed by atoms with Gasteiger partial charge in [0.2, 0.25) is 17.7 Å². The molecular formula is C19H25N3O2S. The van der Waals surface area contributed by atoms with E-state index in [0.29, 0.717) is 17.7 Å². The van der Waals surface area contributed by atoms with Gasteiger partial charge in [-0.25, -0.2) is 0 Å². The third-order valence-corrected chi connectivity index (χ3v) is 6.38. The normalized spacial score (nSPS) is 24.5. The summed E-state index contributed by atoms with van der Waals surface area (Å²) in [6, 6.07) is 2.01.